The van der Waals surface area contributed by atoms with E-state index in [0.717, 1.165) is 24.3 Å². The van der Waals surface area contributed by atoms with Crippen LogP contribution >= 0.6 is 0 Å². The molecule has 0 spiro atoms. The highest BCUT2D eigenvalue weighted by Crippen LogP contribution is 2.19. The molecule has 10 nitrogen and oxygen atoms in total. The van der Waals surface area contributed by atoms with E-state index in [0.29, 0.717) is 19.0 Å². The number of rotatable bonds is 17. The lowest BCUT2D eigenvalue weighted by atomic mass is 10.2. The fourth-order valence-electron chi connectivity index (χ4n) is 2.16. The number of esters is 2. The minimum atomic E-state index is -3.21. The maximum atomic E-state index is 12.2. The molecule has 2 unspecified atom stereocenters. The lowest BCUT2D eigenvalue weighted by molar-refractivity contribution is -0.152. The van der Waals surface area contributed by atoms with Gasteiger partial charge in [-0.15, -0.1) is 10.3 Å². The van der Waals surface area contributed by atoms with Crippen LogP contribution < -0.4 is 5.32 Å². The molecule has 0 aromatic carbocycles. The van der Waals surface area contributed by atoms with Gasteiger partial charge in [-0.2, -0.15) is 0 Å². The van der Waals surface area contributed by atoms with E-state index in [9.17, 15) is 9.59 Å². The molecule has 0 bridgehead atoms. The van der Waals surface area contributed by atoms with Crippen LogP contribution in [0.2, 0.25) is 6.04 Å². The summed E-state index contributed by atoms with van der Waals surface area (Å²) in [5, 5.41) is 11.3. The number of nitrogens with zero attached hydrogens (tertiary/aromatic N) is 2. The number of hydrogen-bond acceptors (Lipinski definition) is 10. The molecule has 0 aliphatic rings. The first-order chi connectivity index (χ1) is 14.8. The van der Waals surface area contributed by atoms with Crippen LogP contribution in [0.15, 0.2) is 10.3 Å². The predicted octanol–water partition coefficient (Wildman–Crippen LogP) is 3.29. The van der Waals surface area contributed by atoms with Crippen LogP contribution in [0.4, 0.5) is 0 Å². The van der Waals surface area contributed by atoms with E-state index in [4.69, 9.17) is 23.0 Å². The first-order valence-corrected chi connectivity index (χ1v) is 12.7. The van der Waals surface area contributed by atoms with Gasteiger partial charge >= 0.3 is 20.7 Å². The molecule has 0 rings (SSSR count). The Bertz CT molecular complexity index is 584. The zero-order chi connectivity index (χ0) is 23.7. The summed E-state index contributed by atoms with van der Waals surface area (Å²) in [6.45, 7) is 12.0. The normalized spacial score (nSPS) is 15.1. The topological polar surface area (TPSA) is 117 Å². The molecule has 0 amide bonds. The van der Waals surface area contributed by atoms with Crippen LogP contribution in [0.5, 0.6) is 0 Å². The molecule has 0 aliphatic carbocycles. The van der Waals surface area contributed by atoms with Crippen LogP contribution in [0, 0.1) is 0 Å². The summed E-state index contributed by atoms with van der Waals surface area (Å²) >= 11 is 0. The van der Waals surface area contributed by atoms with Crippen molar-refractivity contribution in [1.29, 1.82) is 0 Å². The number of carbonyl (C=O) groups excluding carboxylic acids is 2. The Labute approximate surface area is 188 Å². The molecular formula is C20H41N3O7Si. The van der Waals surface area contributed by atoms with Gasteiger partial charge in [-0.25, -0.2) is 0 Å². The fraction of sp³-hybridized carbons (Fsp3) is 0.800. The molecule has 0 heterocycles. The van der Waals surface area contributed by atoms with E-state index < -0.39 is 26.8 Å². The van der Waals surface area contributed by atoms with Crippen LogP contribution in [0.25, 0.3) is 0 Å². The molecule has 0 saturated carbocycles. The minimum absolute atomic E-state index is 0. The second kappa shape index (κ2) is 16.7. The Morgan fingerprint density at radius 1 is 0.968 bits per heavy atom. The van der Waals surface area contributed by atoms with Gasteiger partial charge in [0.15, 0.2) is 0 Å². The van der Waals surface area contributed by atoms with Crippen molar-refractivity contribution in [2.75, 3.05) is 26.9 Å². The van der Waals surface area contributed by atoms with E-state index in [1.54, 1.807) is 13.8 Å². The second-order valence-corrected chi connectivity index (χ2v) is 9.44. The summed E-state index contributed by atoms with van der Waals surface area (Å²) in [5.41, 5.74) is 1.62. The van der Waals surface area contributed by atoms with Crippen molar-refractivity contribution >= 4 is 32.2 Å². The predicted molar refractivity (Wildman–Crippen MR) is 123 cm³/mol. The first-order valence-electron chi connectivity index (χ1n) is 10.8. The highest BCUT2D eigenvalue weighted by molar-refractivity contribution is 6.60. The van der Waals surface area contributed by atoms with Crippen molar-refractivity contribution in [2.45, 2.75) is 79.3 Å². The standard InChI is InChI=1S/C20H39N3O7Si.H2/c1-8-16(5)22-29-31(26-7,30-23-17(6)9-2)14-12-13-21-18(20(25)28-11-4)15-19(24)27-10-3;/h18,21H,8-15H2,1-7H3;1H/b22-16-,23-17+;. The monoisotopic (exact) mass is 463 g/mol. The Kier molecular flexibility index (Phi) is 15.6. The molecule has 0 radical (unpaired) electrons. The average Bonchev–Trinajstić information content (AvgIpc) is 2.76. The number of ether oxygens (including phenoxy) is 2. The van der Waals surface area contributed by atoms with Gasteiger partial charge in [0.25, 0.3) is 0 Å². The highest BCUT2D eigenvalue weighted by atomic mass is 28.4. The van der Waals surface area contributed by atoms with E-state index in [1.165, 1.54) is 7.11 Å². The van der Waals surface area contributed by atoms with Gasteiger partial charge < -0.3 is 28.3 Å². The van der Waals surface area contributed by atoms with E-state index in [2.05, 4.69) is 15.6 Å². The summed E-state index contributed by atoms with van der Waals surface area (Å²) in [5.74, 6) is -0.960. The zero-order valence-electron chi connectivity index (χ0n) is 20.0. The summed E-state index contributed by atoms with van der Waals surface area (Å²) in [4.78, 5) is 24.0. The molecule has 0 fully saturated rings. The van der Waals surface area contributed by atoms with Crippen molar-refractivity contribution in [3.63, 3.8) is 0 Å². The Hall–Kier alpha value is -1.98. The maximum Gasteiger partial charge on any atom is 0.673 e. The third kappa shape index (κ3) is 12.5. The van der Waals surface area contributed by atoms with Gasteiger partial charge in [0.1, 0.15) is 6.04 Å². The Morgan fingerprint density at radius 2 is 1.52 bits per heavy atom. The molecule has 1 N–H and O–H groups in total. The van der Waals surface area contributed by atoms with Crippen molar-refractivity contribution in [3.05, 3.63) is 0 Å². The van der Waals surface area contributed by atoms with Crippen LogP contribution in [0.3, 0.4) is 0 Å². The number of oxime groups is 2. The molecule has 11 heteroatoms. The number of carbonyl (C=O) groups is 2. The zero-order valence-corrected chi connectivity index (χ0v) is 21.0. The summed E-state index contributed by atoms with van der Waals surface area (Å²) < 4.78 is 27.0. The fourth-order valence-corrected chi connectivity index (χ4v) is 3.93. The largest absolute Gasteiger partial charge is 0.673 e. The lowest BCUT2D eigenvalue weighted by Crippen LogP contribution is -2.44. The molecule has 0 aliphatic heterocycles. The minimum Gasteiger partial charge on any atom is -0.466 e. The van der Waals surface area contributed by atoms with Gasteiger partial charge in [-0.1, -0.05) is 13.8 Å². The number of hydrogen-bond donors (Lipinski definition) is 1. The van der Waals surface area contributed by atoms with Gasteiger partial charge in [0, 0.05) is 14.6 Å². The Morgan fingerprint density at radius 3 is 1.97 bits per heavy atom. The molecule has 0 aromatic rings. The Balaban J connectivity index is 0. The van der Waals surface area contributed by atoms with Gasteiger partial charge in [0.2, 0.25) is 0 Å². The number of nitrogens with one attached hydrogen (secondary N) is 1. The van der Waals surface area contributed by atoms with Crippen molar-refractivity contribution in [2.24, 2.45) is 10.3 Å². The van der Waals surface area contributed by atoms with E-state index in [1.807, 2.05) is 27.7 Å². The second-order valence-electron chi connectivity index (χ2n) is 6.80. The summed E-state index contributed by atoms with van der Waals surface area (Å²) in [6.07, 6.45) is 1.91. The summed E-state index contributed by atoms with van der Waals surface area (Å²) in [6, 6.07) is -0.382. The van der Waals surface area contributed by atoms with Crippen LogP contribution in [-0.2, 0) is 32.5 Å². The third-order valence-corrected chi connectivity index (χ3v) is 6.64. The third-order valence-electron chi connectivity index (χ3n) is 4.31. The lowest BCUT2D eigenvalue weighted by Gasteiger charge is -2.23. The maximum absolute atomic E-state index is 12.2. The van der Waals surface area contributed by atoms with E-state index in [-0.39, 0.29) is 21.1 Å². The molecular weight excluding hydrogens is 422 g/mol. The van der Waals surface area contributed by atoms with Crippen molar-refractivity contribution in [3.8, 4) is 0 Å². The molecule has 0 aromatic heterocycles. The smallest absolute Gasteiger partial charge is 0.466 e. The molecule has 31 heavy (non-hydrogen) atoms. The first kappa shape index (κ1) is 29.0. The van der Waals surface area contributed by atoms with Crippen LogP contribution in [0.1, 0.15) is 68.7 Å². The van der Waals surface area contributed by atoms with Crippen LogP contribution in [-0.4, -0.2) is 65.1 Å². The SMILES string of the molecule is CCOC(=O)CC(NCCC[Si](OC)(O/N=C(/C)CC)O/N=C(\C)CC)C(=O)OCC.[HH]. The average molecular weight is 464 g/mol. The molecule has 2 atom stereocenters. The van der Waals surface area contributed by atoms with Gasteiger partial charge in [-0.3, -0.25) is 9.59 Å². The quantitative estimate of drug-likeness (QED) is 0.115. The van der Waals surface area contributed by atoms with Gasteiger partial charge in [0.05, 0.1) is 31.1 Å². The molecule has 182 valence electrons. The van der Waals surface area contributed by atoms with Crippen molar-refractivity contribution < 1.29 is 34.0 Å². The van der Waals surface area contributed by atoms with E-state index >= 15 is 0 Å². The highest BCUT2D eigenvalue weighted by Gasteiger charge is 2.46. The summed E-state index contributed by atoms with van der Waals surface area (Å²) in [7, 11) is -1.70. The van der Waals surface area contributed by atoms with Crippen molar-refractivity contribution in [1.82, 2.24) is 5.32 Å². The van der Waals surface area contributed by atoms with Gasteiger partial charge in [-0.05, 0) is 53.5 Å². The molecule has 0 saturated heterocycles.